The normalized spacial score (nSPS) is 8.82. The third kappa shape index (κ3) is 3.13. The van der Waals surface area contributed by atoms with Crippen LogP contribution in [-0.4, -0.2) is 11.2 Å². The van der Waals surface area contributed by atoms with Crippen LogP contribution < -0.4 is 3.47 Å². The summed E-state index contributed by atoms with van der Waals surface area (Å²) in [6.07, 6.45) is 0. The van der Waals surface area contributed by atoms with Crippen molar-refractivity contribution in [2.24, 2.45) is 0 Å². The second kappa shape index (κ2) is 4.63. The fraction of sp³-hybridized carbons (Fsp3) is 0.286. The average molecular weight is 222 g/mol. The molecule has 56 valence electrons. The van der Waals surface area contributed by atoms with E-state index in [1.165, 1.54) is 3.47 Å². The maximum atomic E-state index is 11.0. The van der Waals surface area contributed by atoms with E-state index in [0.717, 1.165) is 0 Å². The summed E-state index contributed by atoms with van der Waals surface area (Å²) < 4.78 is 6.16. The second-order valence-electron chi connectivity index (χ2n) is 2.06. The number of thiophene rings is 1. The molecule has 0 amide bonds. The predicted octanol–water partition coefficient (Wildman–Crippen LogP) is 1.61. The quantitative estimate of drug-likeness (QED) is 0.725. The van der Waals surface area contributed by atoms with E-state index >= 15 is 0 Å². The van der Waals surface area contributed by atoms with Crippen molar-refractivity contribution in [3.05, 3.63) is 17.5 Å². The fourth-order valence-electron chi connectivity index (χ4n) is 0.767. The number of carbonyl (C=O) groups is 1. The number of carbonyl (C=O) groups excluding carboxylic acids is 1. The van der Waals surface area contributed by atoms with Crippen LogP contribution in [0.3, 0.4) is 0 Å². The molecule has 11 heavy (non-hydrogen) atoms. The molecule has 0 spiro atoms. The summed E-state index contributed by atoms with van der Waals surface area (Å²) in [4.78, 5) is 11.0. The van der Waals surface area contributed by atoms with Crippen molar-refractivity contribution in [1.82, 2.24) is 0 Å². The van der Waals surface area contributed by atoms with Crippen LogP contribution in [0.1, 0.15) is 6.92 Å². The topological polar surface area (TPSA) is 26.3 Å². The van der Waals surface area contributed by atoms with Gasteiger partial charge in [0.05, 0.1) is 0 Å². The summed E-state index contributed by atoms with van der Waals surface area (Å²) in [5.41, 5.74) is 0. The zero-order valence-corrected chi connectivity index (χ0v) is 10.2. The van der Waals surface area contributed by atoms with E-state index in [-0.39, 0.29) is 4.56 Å². The molecular formula is C7H8O2SZn. The minimum atomic E-state index is -1.22. The van der Waals surface area contributed by atoms with Gasteiger partial charge in [0, 0.05) is 0 Å². The Labute approximate surface area is 77.2 Å². The molecule has 0 aliphatic rings. The van der Waals surface area contributed by atoms with Gasteiger partial charge in [-0.25, -0.2) is 0 Å². The monoisotopic (exact) mass is 220 g/mol. The molecular weight excluding hydrogens is 214 g/mol. The molecule has 0 fully saturated rings. The molecule has 0 aliphatic carbocycles. The van der Waals surface area contributed by atoms with Crippen LogP contribution in [0.2, 0.25) is 0 Å². The first-order valence-corrected chi connectivity index (χ1v) is 7.35. The van der Waals surface area contributed by atoms with Gasteiger partial charge < -0.3 is 0 Å². The first-order valence-electron chi connectivity index (χ1n) is 3.51. The van der Waals surface area contributed by atoms with E-state index in [1.54, 1.807) is 11.3 Å². The van der Waals surface area contributed by atoms with E-state index in [0.29, 0.717) is 6.61 Å². The molecule has 1 rings (SSSR count). The standard InChI is InChI=1S/C4H3S.C3H5O2.Zn/c1-2-4-5-3-1;1-2-5-3-4;/h1-3H;2H2,1H3;. The minimum absolute atomic E-state index is 0.0439. The molecule has 0 aliphatic heterocycles. The summed E-state index contributed by atoms with van der Waals surface area (Å²) in [6.45, 7) is 2.35. The Balaban J connectivity index is 2.37. The van der Waals surface area contributed by atoms with Crippen molar-refractivity contribution in [2.45, 2.75) is 6.92 Å². The van der Waals surface area contributed by atoms with Crippen LogP contribution >= 0.6 is 11.3 Å². The summed E-state index contributed by atoms with van der Waals surface area (Å²) in [7, 11) is 0. The third-order valence-corrected chi connectivity index (χ3v) is 5.99. The molecule has 4 heteroatoms. The Morgan fingerprint density at radius 2 is 2.64 bits per heavy atom. The molecule has 1 aromatic rings. The van der Waals surface area contributed by atoms with Crippen LogP contribution in [-0.2, 0) is 21.9 Å². The van der Waals surface area contributed by atoms with E-state index in [9.17, 15) is 4.79 Å². The number of ether oxygens (including phenoxy) is 1. The average Bonchev–Trinajstić information content (AvgIpc) is 2.40. The first kappa shape index (κ1) is 8.89. The molecule has 0 saturated carbocycles. The van der Waals surface area contributed by atoms with Gasteiger partial charge in [0.15, 0.2) is 0 Å². The molecule has 1 aromatic heterocycles. The fourth-order valence-corrected chi connectivity index (χ4v) is 4.85. The Hall–Kier alpha value is -0.207. The molecule has 1 heterocycles. The van der Waals surface area contributed by atoms with Crippen molar-refractivity contribution >= 4 is 19.4 Å². The van der Waals surface area contributed by atoms with Crippen LogP contribution in [0.5, 0.6) is 0 Å². The van der Waals surface area contributed by atoms with Crippen LogP contribution in [0.15, 0.2) is 17.5 Å². The van der Waals surface area contributed by atoms with Gasteiger partial charge in [0.1, 0.15) is 0 Å². The van der Waals surface area contributed by atoms with E-state index in [2.05, 4.69) is 0 Å². The summed E-state index contributed by atoms with van der Waals surface area (Å²) in [5, 5.41) is 2.00. The maximum absolute atomic E-state index is 11.0. The Kier molecular flexibility index (Phi) is 3.74. The van der Waals surface area contributed by atoms with Crippen molar-refractivity contribution in [3.8, 4) is 0 Å². The molecule has 0 aromatic carbocycles. The van der Waals surface area contributed by atoms with Crippen molar-refractivity contribution in [3.63, 3.8) is 0 Å². The molecule has 0 N–H and O–H groups in total. The van der Waals surface area contributed by atoms with Crippen LogP contribution in [0.4, 0.5) is 4.79 Å². The summed E-state index contributed by atoms with van der Waals surface area (Å²) >= 11 is 0.439. The second-order valence-corrected chi connectivity index (χ2v) is 7.72. The van der Waals surface area contributed by atoms with Crippen molar-refractivity contribution < 1.29 is 26.7 Å². The molecule has 0 saturated heterocycles. The number of rotatable bonds is 3. The van der Waals surface area contributed by atoms with Gasteiger partial charge in [-0.2, -0.15) is 0 Å². The number of hydrogen-bond donors (Lipinski definition) is 0. The Bertz CT molecular complexity index is 220. The summed E-state index contributed by atoms with van der Waals surface area (Å²) in [6, 6.07) is 3.99. The molecule has 0 atom stereocenters. The van der Waals surface area contributed by atoms with E-state index in [4.69, 9.17) is 4.74 Å². The summed E-state index contributed by atoms with van der Waals surface area (Å²) in [5.74, 6) is 0. The van der Waals surface area contributed by atoms with Gasteiger partial charge >= 0.3 is 77.1 Å². The predicted molar refractivity (Wildman–Crippen MR) is 41.0 cm³/mol. The van der Waals surface area contributed by atoms with E-state index in [1.807, 2.05) is 24.4 Å². The van der Waals surface area contributed by atoms with Crippen LogP contribution in [0, 0.1) is 0 Å². The van der Waals surface area contributed by atoms with Gasteiger partial charge in [-0.15, -0.1) is 0 Å². The van der Waals surface area contributed by atoms with Crippen LogP contribution in [0.25, 0.3) is 0 Å². The Morgan fingerprint density at radius 1 is 1.82 bits per heavy atom. The number of hydrogen-bond acceptors (Lipinski definition) is 3. The molecule has 2 nitrogen and oxygen atoms in total. The Morgan fingerprint density at radius 3 is 3.18 bits per heavy atom. The van der Waals surface area contributed by atoms with Crippen molar-refractivity contribution in [2.75, 3.05) is 6.61 Å². The third-order valence-electron chi connectivity index (χ3n) is 1.20. The van der Waals surface area contributed by atoms with E-state index < -0.39 is 17.1 Å². The van der Waals surface area contributed by atoms with Gasteiger partial charge in [0.25, 0.3) is 0 Å². The SMILES string of the molecule is CCO[C](=O)[Zn][c]1cccs1. The van der Waals surface area contributed by atoms with Gasteiger partial charge in [0.2, 0.25) is 0 Å². The molecule has 0 radical (unpaired) electrons. The van der Waals surface area contributed by atoms with Crippen molar-refractivity contribution in [1.29, 1.82) is 0 Å². The van der Waals surface area contributed by atoms with Gasteiger partial charge in [-0.3, -0.25) is 0 Å². The van der Waals surface area contributed by atoms with Gasteiger partial charge in [-0.05, 0) is 0 Å². The zero-order chi connectivity index (χ0) is 8.10. The molecule has 0 unspecified atom stereocenters. The van der Waals surface area contributed by atoms with Gasteiger partial charge in [-0.1, -0.05) is 0 Å². The zero-order valence-electron chi connectivity index (χ0n) is 6.37. The first-order chi connectivity index (χ1) is 5.33. The molecule has 0 bridgehead atoms.